The average Bonchev–Trinajstić information content (AvgIpc) is 2.40. The first-order valence-electron chi connectivity index (χ1n) is 6.00. The van der Waals surface area contributed by atoms with Crippen molar-refractivity contribution in [3.05, 3.63) is 24.0 Å². The summed E-state index contributed by atoms with van der Waals surface area (Å²) >= 11 is 0. The fourth-order valence-corrected chi connectivity index (χ4v) is 1.81. The molecule has 1 aliphatic rings. The molecule has 102 valence electrons. The number of pyridine rings is 1. The molecule has 2 rings (SSSR count). The molecular formula is C12H16N4O3. The van der Waals surface area contributed by atoms with Crippen molar-refractivity contribution >= 4 is 17.7 Å². The second-order valence-electron chi connectivity index (χ2n) is 4.46. The van der Waals surface area contributed by atoms with E-state index in [0.29, 0.717) is 18.8 Å². The van der Waals surface area contributed by atoms with Crippen LogP contribution >= 0.6 is 0 Å². The molecule has 0 unspecified atom stereocenters. The third kappa shape index (κ3) is 3.41. The molecule has 0 radical (unpaired) electrons. The maximum absolute atomic E-state index is 11.9. The Kier molecular flexibility index (Phi) is 3.96. The first kappa shape index (κ1) is 13.3. The molecule has 7 heteroatoms. The van der Waals surface area contributed by atoms with E-state index in [0.717, 1.165) is 13.1 Å². The first-order chi connectivity index (χ1) is 9.06. The summed E-state index contributed by atoms with van der Waals surface area (Å²) < 4.78 is 0. The van der Waals surface area contributed by atoms with Crippen molar-refractivity contribution in [2.45, 2.75) is 0 Å². The zero-order valence-electron chi connectivity index (χ0n) is 10.7. The van der Waals surface area contributed by atoms with Gasteiger partial charge >= 0.3 is 12.0 Å². The van der Waals surface area contributed by atoms with Gasteiger partial charge in [-0.1, -0.05) is 0 Å². The molecule has 1 aromatic rings. The van der Waals surface area contributed by atoms with Gasteiger partial charge < -0.3 is 20.2 Å². The summed E-state index contributed by atoms with van der Waals surface area (Å²) in [4.78, 5) is 30.2. The number of piperazine rings is 1. The van der Waals surface area contributed by atoms with E-state index in [4.69, 9.17) is 5.11 Å². The lowest BCUT2D eigenvalue weighted by atomic mass is 10.3. The molecule has 1 saturated heterocycles. The zero-order chi connectivity index (χ0) is 13.8. The van der Waals surface area contributed by atoms with Crippen LogP contribution in [0.25, 0.3) is 0 Å². The van der Waals surface area contributed by atoms with Crippen molar-refractivity contribution in [1.82, 2.24) is 14.8 Å². The van der Waals surface area contributed by atoms with Gasteiger partial charge in [-0.05, 0) is 19.2 Å². The van der Waals surface area contributed by atoms with Crippen molar-refractivity contribution < 1.29 is 14.7 Å². The molecule has 0 bridgehead atoms. The summed E-state index contributed by atoms with van der Waals surface area (Å²) in [6.45, 7) is 3.07. The van der Waals surface area contributed by atoms with Crippen LogP contribution in [0, 0.1) is 0 Å². The fraction of sp³-hybridized carbons (Fsp3) is 0.417. The molecule has 7 nitrogen and oxygen atoms in total. The maximum atomic E-state index is 11.9. The monoisotopic (exact) mass is 264 g/mol. The SMILES string of the molecule is CN1CCN(C(=O)Nc2ccc(C(=O)O)nc2)CC1. The summed E-state index contributed by atoms with van der Waals surface area (Å²) in [6.07, 6.45) is 1.34. The predicted octanol–water partition coefficient (Wildman–Crippen LogP) is 0.559. The van der Waals surface area contributed by atoms with E-state index >= 15 is 0 Å². The van der Waals surface area contributed by atoms with Gasteiger partial charge in [0.2, 0.25) is 0 Å². The number of aromatic carboxylic acids is 1. The van der Waals surface area contributed by atoms with Crippen LogP contribution in [0.4, 0.5) is 10.5 Å². The minimum Gasteiger partial charge on any atom is -0.477 e. The molecule has 0 aromatic carbocycles. The van der Waals surface area contributed by atoms with Crippen molar-refractivity contribution in [1.29, 1.82) is 0 Å². The number of carboxylic acids is 1. The third-order valence-corrected chi connectivity index (χ3v) is 3.02. The van der Waals surface area contributed by atoms with Gasteiger partial charge in [0.05, 0.1) is 11.9 Å². The summed E-state index contributed by atoms with van der Waals surface area (Å²) in [5, 5.41) is 11.4. The Morgan fingerprint density at radius 2 is 1.95 bits per heavy atom. The van der Waals surface area contributed by atoms with Crippen LogP contribution < -0.4 is 5.32 Å². The minimum atomic E-state index is -1.09. The third-order valence-electron chi connectivity index (χ3n) is 3.02. The molecule has 0 aliphatic carbocycles. The molecule has 1 aromatic heterocycles. The van der Waals surface area contributed by atoms with Crippen molar-refractivity contribution in [2.24, 2.45) is 0 Å². The number of rotatable bonds is 2. The maximum Gasteiger partial charge on any atom is 0.354 e. The highest BCUT2D eigenvalue weighted by Crippen LogP contribution is 2.08. The Labute approximate surface area is 110 Å². The Morgan fingerprint density at radius 3 is 2.47 bits per heavy atom. The lowest BCUT2D eigenvalue weighted by Crippen LogP contribution is -2.48. The van der Waals surface area contributed by atoms with E-state index < -0.39 is 5.97 Å². The smallest absolute Gasteiger partial charge is 0.354 e. The summed E-state index contributed by atoms with van der Waals surface area (Å²) in [6, 6.07) is 2.71. The largest absolute Gasteiger partial charge is 0.477 e. The van der Waals surface area contributed by atoms with Crippen LogP contribution in [-0.4, -0.2) is 65.1 Å². The summed E-state index contributed by atoms with van der Waals surface area (Å²) in [5.74, 6) is -1.09. The topological polar surface area (TPSA) is 85.8 Å². The Morgan fingerprint density at radius 1 is 1.26 bits per heavy atom. The van der Waals surface area contributed by atoms with E-state index in [1.807, 2.05) is 7.05 Å². The van der Waals surface area contributed by atoms with Gasteiger partial charge in [-0.2, -0.15) is 0 Å². The second kappa shape index (κ2) is 5.66. The number of anilines is 1. The summed E-state index contributed by atoms with van der Waals surface area (Å²) in [5.41, 5.74) is 0.450. The molecule has 1 aliphatic heterocycles. The van der Waals surface area contributed by atoms with Gasteiger partial charge in [0.25, 0.3) is 0 Å². The van der Waals surface area contributed by atoms with E-state index in [9.17, 15) is 9.59 Å². The van der Waals surface area contributed by atoms with Crippen LogP contribution in [0.15, 0.2) is 18.3 Å². The van der Waals surface area contributed by atoms with Crippen LogP contribution in [-0.2, 0) is 0 Å². The van der Waals surface area contributed by atoms with Crippen LogP contribution in [0.5, 0.6) is 0 Å². The quantitative estimate of drug-likeness (QED) is 0.815. The Balaban J connectivity index is 1.93. The van der Waals surface area contributed by atoms with Gasteiger partial charge in [-0.15, -0.1) is 0 Å². The first-order valence-corrected chi connectivity index (χ1v) is 6.00. The highest BCUT2D eigenvalue weighted by atomic mass is 16.4. The molecular weight excluding hydrogens is 248 g/mol. The molecule has 2 amide bonds. The van der Waals surface area contributed by atoms with E-state index in [-0.39, 0.29) is 11.7 Å². The van der Waals surface area contributed by atoms with Crippen LogP contribution in [0.2, 0.25) is 0 Å². The van der Waals surface area contributed by atoms with Gasteiger partial charge in [0.15, 0.2) is 0 Å². The van der Waals surface area contributed by atoms with Gasteiger partial charge in [0.1, 0.15) is 5.69 Å². The second-order valence-corrected chi connectivity index (χ2v) is 4.46. The number of carboxylic acid groups (broad SMARTS) is 1. The number of hydrogen-bond acceptors (Lipinski definition) is 4. The Hall–Kier alpha value is -2.15. The van der Waals surface area contributed by atoms with E-state index in [1.54, 1.807) is 4.90 Å². The highest BCUT2D eigenvalue weighted by Gasteiger charge is 2.19. The van der Waals surface area contributed by atoms with Crippen molar-refractivity contribution in [3.63, 3.8) is 0 Å². The number of nitrogens with zero attached hydrogens (tertiary/aromatic N) is 3. The van der Waals surface area contributed by atoms with Gasteiger partial charge in [-0.25, -0.2) is 14.6 Å². The number of carbonyl (C=O) groups excluding carboxylic acids is 1. The van der Waals surface area contributed by atoms with Crippen molar-refractivity contribution in [2.75, 3.05) is 38.5 Å². The van der Waals surface area contributed by atoms with Gasteiger partial charge in [-0.3, -0.25) is 0 Å². The average molecular weight is 264 g/mol. The lowest BCUT2D eigenvalue weighted by Gasteiger charge is -2.32. The number of carbonyl (C=O) groups is 2. The molecule has 0 saturated carbocycles. The molecule has 2 heterocycles. The number of nitrogens with one attached hydrogen (secondary N) is 1. The molecule has 0 spiro atoms. The minimum absolute atomic E-state index is 0.0439. The molecule has 2 N–H and O–H groups in total. The highest BCUT2D eigenvalue weighted by molar-refractivity contribution is 5.90. The van der Waals surface area contributed by atoms with Gasteiger partial charge in [0, 0.05) is 26.2 Å². The van der Waals surface area contributed by atoms with Crippen molar-refractivity contribution in [3.8, 4) is 0 Å². The molecule has 1 fully saturated rings. The predicted molar refractivity (Wildman–Crippen MR) is 69.3 cm³/mol. The van der Waals surface area contributed by atoms with E-state index in [1.165, 1.54) is 18.3 Å². The number of likely N-dealkylation sites (N-methyl/N-ethyl adjacent to an activating group) is 1. The Bertz CT molecular complexity index is 466. The number of amides is 2. The van der Waals surface area contributed by atoms with Crippen LogP contribution in [0.3, 0.4) is 0 Å². The lowest BCUT2D eigenvalue weighted by molar-refractivity contribution is 0.0690. The fourth-order valence-electron chi connectivity index (χ4n) is 1.81. The number of urea groups is 1. The summed E-state index contributed by atoms with van der Waals surface area (Å²) in [7, 11) is 2.02. The number of hydrogen-bond donors (Lipinski definition) is 2. The molecule has 0 atom stereocenters. The zero-order valence-corrected chi connectivity index (χ0v) is 10.7. The van der Waals surface area contributed by atoms with Crippen LogP contribution in [0.1, 0.15) is 10.5 Å². The standard InChI is InChI=1S/C12H16N4O3/c1-15-4-6-16(7-5-15)12(19)14-9-2-3-10(11(17)18)13-8-9/h2-3,8H,4-7H2,1H3,(H,14,19)(H,17,18). The molecule has 19 heavy (non-hydrogen) atoms. The normalized spacial score (nSPS) is 16.2. The number of aromatic nitrogens is 1. The van der Waals surface area contributed by atoms with E-state index in [2.05, 4.69) is 15.2 Å².